The van der Waals surface area contributed by atoms with Crippen molar-refractivity contribution >= 4 is 23.5 Å². The number of hydrogen-bond donors (Lipinski definition) is 0. The van der Waals surface area contributed by atoms with Gasteiger partial charge < -0.3 is 4.74 Å². The number of benzene rings is 2. The molecule has 0 bridgehead atoms. The average Bonchev–Trinajstić information content (AvgIpc) is 2.53. The molecule has 4 heteroatoms. The Hall–Kier alpha value is -2.39. The number of ketones is 1. The molecule has 0 atom stereocenters. The van der Waals surface area contributed by atoms with Crippen LogP contribution in [0, 0.1) is 5.82 Å². The van der Waals surface area contributed by atoms with Crippen molar-refractivity contribution in [1.82, 2.24) is 0 Å². The molecule has 0 radical (unpaired) electrons. The monoisotopic (exact) mass is 314 g/mol. The normalized spacial score (nSPS) is 13.5. The number of rotatable bonds is 3. The first kappa shape index (κ1) is 14.5. The molecule has 22 heavy (non-hydrogen) atoms. The maximum atomic E-state index is 12.8. The molecule has 2 aromatic carbocycles. The molecule has 0 saturated carbocycles. The molecule has 1 aliphatic rings. The van der Waals surface area contributed by atoms with Gasteiger partial charge in [-0.1, -0.05) is 17.7 Å². The summed E-state index contributed by atoms with van der Waals surface area (Å²) >= 11 is 5.96. The molecule has 1 aliphatic heterocycles. The molecule has 2 aromatic rings. The van der Waals surface area contributed by atoms with E-state index in [0.29, 0.717) is 17.2 Å². The van der Waals surface area contributed by atoms with Gasteiger partial charge in [-0.25, -0.2) is 4.39 Å². The Morgan fingerprint density at radius 2 is 1.95 bits per heavy atom. The molecule has 0 spiro atoms. The summed E-state index contributed by atoms with van der Waals surface area (Å²) in [5.41, 5.74) is 2.19. The summed E-state index contributed by atoms with van der Waals surface area (Å²) in [6.07, 6.45) is 5.09. The highest BCUT2D eigenvalue weighted by molar-refractivity contribution is 6.30. The van der Waals surface area contributed by atoms with Gasteiger partial charge in [-0.05, 0) is 60.2 Å². The smallest absolute Gasteiger partial charge is 0.185 e. The number of carbonyl (C=O) groups is 1. The van der Waals surface area contributed by atoms with Crippen LogP contribution in [0.4, 0.5) is 4.39 Å². The highest BCUT2D eigenvalue weighted by Gasteiger charge is 2.10. The maximum Gasteiger partial charge on any atom is 0.185 e. The number of carbonyl (C=O) groups excluding carboxylic acids is 1. The number of fused-ring (bicyclic) bond motifs is 1. The van der Waals surface area contributed by atoms with Crippen LogP contribution >= 0.6 is 11.6 Å². The third-order valence-electron chi connectivity index (χ3n) is 3.28. The van der Waals surface area contributed by atoms with E-state index >= 15 is 0 Å². The molecule has 110 valence electrons. The fourth-order valence-electron chi connectivity index (χ4n) is 2.16. The molecule has 0 aromatic heterocycles. The number of hydrogen-bond acceptors (Lipinski definition) is 2. The van der Waals surface area contributed by atoms with Gasteiger partial charge in [-0.15, -0.1) is 0 Å². The lowest BCUT2D eigenvalue weighted by molar-refractivity contribution is 0.104. The SMILES string of the molecule is O=C(/C=C/C1=Cc2cc(Cl)ccc2OC1)c1ccc(F)cc1. The standard InChI is InChI=1S/C18H12ClFO2/c19-15-4-8-18-14(10-15)9-12(11-22-18)1-7-17(21)13-2-5-16(20)6-3-13/h1-10H,11H2/b7-1+. The van der Waals surface area contributed by atoms with Gasteiger partial charge >= 0.3 is 0 Å². The molecule has 1 heterocycles. The van der Waals surface area contributed by atoms with E-state index in [1.165, 1.54) is 30.3 Å². The largest absolute Gasteiger partial charge is 0.488 e. The van der Waals surface area contributed by atoms with Crippen molar-refractivity contribution in [2.24, 2.45) is 0 Å². The predicted octanol–water partition coefficient (Wildman–Crippen LogP) is 4.69. The van der Waals surface area contributed by atoms with Crippen LogP contribution in [0.2, 0.25) is 5.02 Å². The minimum absolute atomic E-state index is 0.183. The molecule has 0 N–H and O–H groups in total. The quantitative estimate of drug-likeness (QED) is 0.606. The van der Waals surface area contributed by atoms with Crippen molar-refractivity contribution in [2.75, 3.05) is 6.61 Å². The second-order valence-corrected chi connectivity index (χ2v) is 5.33. The molecule has 0 amide bonds. The van der Waals surface area contributed by atoms with Crippen LogP contribution in [0.1, 0.15) is 15.9 Å². The number of ether oxygens (including phenoxy) is 1. The maximum absolute atomic E-state index is 12.8. The zero-order valence-corrected chi connectivity index (χ0v) is 12.3. The van der Waals surface area contributed by atoms with Gasteiger partial charge in [0.25, 0.3) is 0 Å². The second-order valence-electron chi connectivity index (χ2n) is 4.89. The zero-order valence-electron chi connectivity index (χ0n) is 11.6. The van der Waals surface area contributed by atoms with E-state index in [1.54, 1.807) is 12.1 Å². The highest BCUT2D eigenvalue weighted by Crippen LogP contribution is 2.29. The molecule has 0 aliphatic carbocycles. The lowest BCUT2D eigenvalue weighted by atomic mass is 10.1. The predicted molar refractivity (Wildman–Crippen MR) is 84.8 cm³/mol. The van der Waals surface area contributed by atoms with Crippen LogP contribution < -0.4 is 4.74 Å². The first-order valence-electron chi connectivity index (χ1n) is 6.73. The highest BCUT2D eigenvalue weighted by atomic mass is 35.5. The van der Waals surface area contributed by atoms with Crippen molar-refractivity contribution in [1.29, 1.82) is 0 Å². The van der Waals surface area contributed by atoms with E-state index in [2.05, 4.69) is 0 Å². The number of allylic oxidation sites excluding steroid dienone is 1. The molecule has 2 nitrogen and oxygen atoms in total. The van der Waals surface area contributed by atoms with Gasteiger partial charge in [-0.2, -0.15) is 0 Å². The van der Waals surface area contributed by atoms with Crippen molar-refractivity contribution < 1.29 is 13.9 Å². The van der Waals surface area contributed by atoms with E-state index < -0.39 is 0 Å². The Balaban J connectivity index is 1.78. The van der Waals surface area contributed by atoms with Crippen molar-refractivity contribution in [3.8, 4) is 5.75 Å². The third-order valence-corrected chi connectivity index (χ3v) is 3.52. The van der Waals surface area contributed by atoms with E-state index in [4.69, 9.17) is 16.3 Å². The minimum atomic E-state index is -0.364. The summed E-state index contributed by atoms with van der Waals surface area (Å²) in [5, 5.41) is 0.631. The fourth-order valence-corrected chi connectivity index (χ4v) is 2.34. The Morgan fingerprint density at radius 1 is 1.18 bits per heavy atom. The van der Waals surface area contributed by atoms with Gasteiger partial charge in [-0.3, -0.25) is 4.79 Å². The van der Waals surface area contributed by atoms with Crippen LogP contribution in [0.25, 0.3) is 6.08 Å². The Kier molecular flexibility index (Phi) is 4.07. The topological polar surface area (TPSA) is 26.3 Å². The zero-order chi connectivity index (χ0) is 15.5. The Bertz CT molecular complexity index is 776. The molecular weight excluding hydrogens is 303 g/mol. The van der Waals surface area contributed by atoms with Gasteiger partial charge in [0.1, 0.15) is 18.2 Å². The molecule has 0 saturated heterocycles. The lowest BCUT2D eigenvalue weighted by Crippen LogP contribution is -2.06. The second kappa shape index (κ2) is 6.16. The van der Waals surface area contributed by atoms with E-state index in [-0.39, 0.29) is 11.6 Å². The fraction of sp³-hybridized carbons (Fsp3) is 0.0556. The first-order chi connectivity index (χ1) is 10.6. The van der Waals surface area contributed by atoms with E-state index in [1.807, 2.05) is 18.2 Å². The molecule has 0 fully saturated rings. The lowest BCUT2D eigenvalue weighted by Gasteiger charge is -2.16. The molecule has 0 unspecified atom stereocenters. The van der Waals surface area contributed by atoms with E-state index in [0.717, 1.165) is 16.9 Å². The third kappa shape index (κ3) is 3.26. The van der Waals surface area contributed by atoms with Crippen molar-refractivity contribution in [2.45, 2.75) is 0 Å². The summed E-state index contributed by atoms with van der Waals surface area (Å²) in [4.78, 5) is 12.0. The molecular formula is C18H12ClFO2. The summed E-state index contributed by atoms with van der Waals surface area (Å²) in [7, 11) is 0. The summed E-state index contributed by atoms with van der Waals surface area (Å²) in [5.74, 6) is 0.224. The van der Waals surface area contributed by atoms with Crippen LogP contribution in [-0.4, -0.2) is 12.4 Å². The van der Waals surface area contributed by atoms with Gasteiger partial charge in [0.15, 0.2) is 5.78 Å². The molecule has 3 rings (SSSR count). The average molecular weight is 315 g/mol. The van der Waals surface area contributed by atoms with E-state index in [9.17, 15) is 9.18 Å². The summed E-state index contributed by atoms with van der Waals surface area (Å²) in [6, 6.07) is 10.9. The first-order valence-corrected chi connectivity index (χ1v) is 7.10. The van der Waals surface area contributed by atoms with Gasteiger partial charge in [0, 0.05) is 16.1 Å². The van der Waals surface area contributed by atoms with Crippen LogP contribution in [0.5, 0.6) is 5.75 Å². The Morgan fingerprint density at radius 3 is 2.73 bits per heavy atom. The van der Waals surface area contributed by atoms with Crippen molar-refractivity contribution in [3.63, 3.8) is 0 Å². The summed E-state index contributed by atoms with van der Waals surface area (Å²) in [6.45, 7) is 0.391. The number of halogens is 2. The summed E-state index contributed by atoms with van der Waals surface area (Å²) < 4.78 is 18.4. The minimum Gasteiger partial charge on any atom is -0.488 e. The van der Waals surface area contributed by atoms with Crippen LogP contribution in [0.3, 0.4) is 0 Å². The Labute approximate surface area is 132 Å². The van der Waals surface area contributed by atoms with Crippen LogP contribution in [0.15, 0.2) is 60.2 Å². The van der Waals surface area contributed by atoms with Crippen molar-refractivity contribution in [3.05, 3.63) is 82.2 Å². The van der Waals surface area contributed by atoms with Crippen LogP contribution in [-0.2, 0) is 0 Å². The van der Waals surface area contributed by atoms with Gasteiger partial charge in [0.2, 0.25) is 0 Å². The van der Waals surface area contributed by atoms with Gasteiger partial charge in [0.05, 0.1) is 0 Å².